The van der Waals surface area contributed by atoms with E-state index in [1.807, 2.05) is 0 Å². The van der Waals surface area contributed by atoms with Crippen LogP contribution in [0.4, 0.5) is 0 Å². The van der Waals surface area contributed by atoms with Crippen LogP contribution >= 0.6 is 0 Å². The Labute approximate surface area is 117 Å². The number of nitrogens with one attached hydrogen (secondary N) is 2. The molecule has 0 aromatic carbocycles. The second-order valence-electron chi connectivity index (χ2n) is 6.24. The molecule has 5 heteroatoms. The quantitative estimate of drug-likeness (QED) is 0.793. The second-order valence-corrected chi connectivity index (χ2v) is 7.93. The predicted molar refractivity (Wildman–Crippen MR) is 76.3 cm³/mol. The first-order valence-corrected chi connectivity index (χ1v) is 9.12. The molecule has 3 atom stereocenters. The Morgan fingerprint density at radius 1 is 1.11 bits per heavy atom. The van der Waals surface area contributed by atoms with Gasteiger partial charge in [0.25, 0.3) is 0 Å². The molecule has 3 aliphatic rings. The lowest BCUT2D eigenvalue weighted by Gasteiger charge is -2.25. The summed E-state index contributed by atoms with van der Waals surface area (Å²) < 4.78 is 11.3. The number of rotatable bonds is 2. The van der Waals surface area contributed by atoms with Crippen molar-refractivity contribution in [3.05, 3.63) is 0 Å². The molecule has 2 saturated heterocycles. The van der Waals surface area contributed by atoms with Crippen molar-refractivity contribution in [2.75, 3.05) is 11.5 Å². The summed E-state index contributed by atoms with van der Waals surface area (Å²) in [6.45, 7) is 0. The van der Waals surface area contributed by atoms with Crippen LogP contribution in [0, 0.1) is 5.92 Å². The first kappa shape index (κ1) is 13.6. The molecule has 0 aromatic heterocycles. The van der Waals surface area contributed by atoms with E-state index in [9.17, 15) is 9.00 Å². The minimum atomic E-state index is -0.651. The predicted octanol–water partition coefficient (Wildman–Crippen LogP) is 0.934. The molecule has 0 aromatic rings. The summed E-state index contributed by atoms with van der Waals surface area (Å²) >= 11 is 0. The Morgan fingerprint density at radius 2 is 1.84 bits per heavy atom. The van der Waals surface area contributed by atoms with Crippen LogP contribution in [0.3, 0.4) is 0 Å². The highest BCUT2D eigenvalue weighted by Crippen LogP contribution is 2.33. The molecule has 0 spiro atoms. The highest BCUT2D eigenvalue weighted by atomic mass is 32.2. The molecule has 4 nitrogen and oxygen atoms in total. The number of carbonyl (C=O) groups is 1. The largest absolute Gasteiger partial charge is 0.352 e. The van der Waals surface area contributed by atoms with Gasteiger partial charge in [0.15, 0.2) is 0 Å². The van der Waals surface area contributed by atoms with Crippen molar-refractivity contribution in [1.82, 2.24) is 10.6 Å². The molecule has 3 rings (SSSR count). The van der Waals surface area contributed by atoms with Crippen LogP contribution in [-0.2, 0) is 15.6 Å². The van der Waals surface area contributed by atoms with Gasteiger partial charge in [-0.2, -0.15) is 0 Å². The third kappa shape index (κ3) is 3.19. The van der Waals surface area contributed by atoms with Crippen LogP contribution in [0.1, 0.15) is 44.9 Å². The minimum Gasteiger partial charge on any atom is -0.352 e. The van der Waals surface area contributed by atoms with E-state index in [2.05, 4.69) is 10.6 Å². The number of amides is 1. The molecule has 1 saturated carbocycles. The van der Waals surface area contributed by atoms with Gasteiger partial charge in [0.1, 0.15) is 0 Å². The molecule has 2 heterocycles. The summed E-state index contributed by atoms with van der Waals surface area (Å²) in [6, 6.07) is 0.832. The van der Waals surface area contributed by atoms with E-state index in [4.69, 9.17) is 0 Å². The maximum atomic E-state index is 12.3. The van der Waals surface area contributed by atoms with Gasteiger partial charge in [0, 0.05) is 34.4 Å². The second kappa shape index (κ2) is 5.92. The lowest BCUT2D eigenvalue weighted by Crippen LogP contribution is -2.48. The Kier molecular flexibility index (Phi) is 4.22. The zero-order valence-corrected chi connectivity index (χ0v) is 12.2. The van der Waals surface area contributed by atoms with E-state index < -0.39 is 10.8 Å². The molecule has 3 unspecified atom stereocenters. The number of fused-ring (bicyclic) bond motifs is 1. The highest BCUT2D eigenvalue weighted by molar-refractivity contribution is 7.85. The number of hydrogen-bond acceptors (Lipinski definition) is 3. The van der Waals surface area contributed by atoms with Gasteiger partial charge >= 0.3 is 0 Å². The average molecular weight is 284 g/mol. The normalized spacial score (nSPS) is 42.6. The third-order valence-corrected chi connectivity index (χ3v) is 6.30. The van der Waals surface area contributed by atoms with Crippen molar-refractivity contribution in [3.63, 3.8) is 0 Å². The van der Waals surface area contributed by atoms with Crippen LogP contribution < -0.4 is 10.6 Å². The highest BCUT2D eigenvalue weighted by Gasteiger charge is 2.38. The fraction of sp³-hybridized carbons (Fsp3) is 0.929. The summed E-state index contributed by atoms with van der Waals surface area (Å²) in [5, 5.41) is 6.67. The smallest absolute Gasteiger partial charge is 0.237 e. The number of carbonyl (C=O) groups excluding carboxylic acids is 1. The Morgan fingerprint density at radius 3 is 2.58 bits per heavy atom. The van der Waals surface area contributed by atoms with Crippen molar-refractivity contribution >= 4 is 16.7 Å². The van der Waals surface area contributed by atoms with Gasteiger partial charge < -0.3 is 10.6 Å². The first-order chi connectivity index (χ1) is 9.22. The van der Waals surface area contributed by atoms with E-state index in [1.54, 1.807) is 0 Å². The average Bonchev–Trinajstić information content (AvgIpc) is 2.85. The van der Waals surface area contributed by atoms with Crippen molar-refractivity contribution in [2.24, 2.45) is 5.92 Å². The van der Waals surface area contributed by atoms with Crippen molar-refractivity contribution in [2.45, 2.75) is 63.1 Å². The molecule has 108 valence electrons. The standard InChI is InChI=1S/C14H24N2O2S/c17-14(15-11-5-7-19(18)8-6-11)13-9-10-3-1-2-4-12(10)16-13/h10-13,16H,1-9H2,(H,15,17). The third-order valence-electron chi connectivity index (χ3n) is 4.91. The topological polar surface area (TPSA) is 58.2 Å². The van der Waals surface area contributed by atoms with E-state index in [0.29, 0.717) is 12.0 Å². The molecule has 0 radical (unpaired) electrons. The van der Waals surface area contributed by atoms with Gasteiger partial charge in [-0.05, 0) is 38.0 Å². The Bertz CT molecular complexity index is 350. The summed E-state index contributed by atoms with van der Waals surface area (Å²) in [5.41, 5.74) is 0. The van der Waals surface area contributed by atoms with Crippen LogP contribution in [0.2, 0.25) is 0 Å². The fourth-order valence-corrected chi connectivity index (χ4v) is 5.06. The summed E-state index contributed by atoms with van der Waals surface area (Å²) in [5.74, 6) is 2.37. The van der Waals surface area contributed by atoms with Gasteiger partial charge in [0.2, 0.25) is 5.91 Å². The van der Waals surface area contributed by atoms with Crippen molar-refractivity contribution in [3.8, 4) is 0 Å². The molecule has 2 aliphatic heterocycles. The van der Waals surface area contributed by atoms with Gasteiger partial charge in [-0.15, -0.1) is 0 Å². The van der Waals surface area contributed by atoms with Crippen LogP contribution in [-0.4, -0.2) is 39.7 Å². The molecule has 1 aliphatic carbocycles. The monoisotopic (exact) mass is 284 g/mol. The van der Waals surface area contributed by atoms with E-state index in [-0.39, 0.29) is 18.0 Å². The summed E-state index contributed by atoms with van der Waals surface area (Å²) in [7, 11) is -0.651. The zero-order valence-electron chi connectivity index (χ0n) is 11.4. The Hall–Kier alpha value is -0.420. The maximum Gasteiger partial charge on any atom is 0.237 e. The molecule has 3 fully saturated rings. The van der Waals surface area contributed by atoms with E-state index in [0.717, 1.165) is 30.8 Å². The summed E-state index contributed by atoms with van der Waals surface area (Å²) in [6.07, 6.45) is 7.90. The molecule has 1 amide bonds. The fourth-order valence-electron chi connectivity index (χ4n) is 3.76. The molecule has 19 heavy (non-hydrogen) atoms. The maximum absolute atomic E-state index is 12.3. The SMILES string of the molecule is O=C(NC1CCS(=O)CC1)C1CC2CCCCC2N1. The molecular formula is C14H24N2O2S. The molecule has 0 bridgehead atoms. The number of hydrogen-bond donors (Lipinski definition) is 2. The zero-order chi connectivity index (χ0) is 13.2. The molecule has 2 N–H and O–H groups in total. The van der Waals surface area contributed by atoms with Gasteiger partial charge in [0.05, 0.1) is 6.04 Å². The van der Waals surface area contributed by atoms with E-state index >= 15 is 0 Å². The van der Waals surface area contributed by atoms with Crippen LogP contribution in [0.5, 0.6) is 0 Å². The van der Waals surface area contributed by atoms with Crippen LogP contribution in [0.15, 0.2) is 0 Å². The van der Waals surface area contributed by atoms with Gasteiger partial charge in [-0.1, -0.05) is 12.8 Å². The van der Waals surface area contributed by atoms with Gasteiger partial charge in [-0.3, -0.25) is 9.00 Å². The lowest BCUT2D eigenvalue weighted by molar-refractivity contribution is -0.123. The van der Waals surface area contributed by atoms with E-state index in [1.165, 1.54) is 25.7 Å². The van der Waals surface area contributed by atoms with Crippen LogP contribution in [0.25, 0.3) is 0 Å². The first-order valence-electron chi connectivity index (χ1n) is 7.64. The van der Waals surface area contributed by atoms with Crippen molar-refractivity contribution < 1.29 is 9.00 Å². The van der Waals surface area contributed by atoms with Gasteiger partial charge in [-0.25, -0.2) is 0 Å². The lowest BCUT2D eigenvalue weighted by atomic mass is 9.85. The Balaban J connectivity index is 1.49. The minimum absolute atomic E-state index is 0.0144. The molecular weight excluding hydrogens is 260 g/mol. The summed E-state index contributed by atoms with van der Waals surface area (Å²) in [4.78, 5) is 12.3. The van der Waals surface area contributed by atoms with Crippen molar-refractivity contribution in [1.29, 1.82) is 0 Å².